The summed E-state index contributed by atoms with van der Waals surface area (Å²) in [4.78, 5) is 13.6. The highest BCUT2D eigenvalue weighted by atomic mass is 35.5. The van der Waals surface area contributed by atoms with Crippen molar-refractivity contribution in [3.05, 3.63) is 34.9 Å². The molecule has 0 amide bonds. The first kappa shape index (κ1) is 14.9. The molecule has 1 N–H and O–H groups in total. The molecule has 0 bridgehead atoms. The summed E-state index contributed by atoms with van der Waals surface area (Å²) < 4.78 is 0. The number of carbonyl (C=O) groups is 1. The summed E-state index contributed by atoms with van der Waals surface area (Å²) >= 11 is 6.07. The molecule has 1 aliphatic heterocycles. The number of hydrogen-bond acceptors (Lipinski definition) is 2. The standard InChI is InChI=1S/C16H20ClNO2/c1-5-13(15(19)20)18-14-7-6-11(17)8-12(14)10(2)9-16(18,3)4/h6-9,13H,5H2,1-4H3,(H,19,20)/t13-/m1/s1. The molecule has 1 atom stereocenters. The molecule has 3 nitrogen and oxygen atoms in total. The summed E-state index contributed by atoms with van der Waals surface area (Å²) in [7, 11) is 0. The predicted molar refractivity (Wildman–Crippen MR) is 83.4 cm³/mol. The molecular weight excluding hydrogens is 274 g/mol. The molecule has 108 valence electrons. The summed E-state index contributed by atoms with van der Waals surface area (Å²) in [6, 6.07) is 5.09. The average molecular weight is 294 g/mol. The van der Waals surface area contributed by atoms with Crippen LogP contribution >= 0.6 is 11.6 Å². The number of fused-ring (bicyclic) bond motifs is 1. The van der Waals surface area contributed by atoms with Gasteiger partial charge in [0, 0.05) is 16.3 Å². The normalized spacial score (nSPS) is 18.2. The summed E-state index contributed by atoms with van der Waals surface area (Å²) in [5, 5.41) is 10.2. The van der Waals surface area contributed by atoms with Crippen molar-refractivity contribution in [3.63, 3.8) is 0 Å². The van der Waals surface area contributed by atoms with Crippen molar-refractivity contribution in [1.82, 2.24) is 0 Å². The molecule has 20 heavy (non-hydrogen) atoms. The Hall–Kier alpha value is -1.48. The maximum Gasteiger partial charge on any atom is 0.326 e. The van der Waals surface area contributed by atoms with Crippen LogP contribution in [0.2, 0.25) is 5.02 Å². The van der Waals surface area contributed by atoms with Gasteiger partial charge in [0.2, 0.25) is 0 Å². The van der Waals surface area contributed by atoms with Crippen LogP contribution < -0.4 is 4.90 Å². The van der Waals surface area contributed by atoms with Crippen LogP contribution in [-0.2, 0) is 4.79 Å². The van der Waals surface area contributed by atoms with Crippen LogP contribution in [0.5, 0.6) is 0 Å². The molecule has 1 aromatic rings. The van der Waals surface area contributed by atoms with E-state index in [0.717, 1.165) is 16.8 Å². The maximum absolute atomic E-state index is 11.6. The number of benzene rings is 1. The Morgan fingerprint density at radius 2 is 2.10 bits per heavy atom. The molecular formula is C16H20ClNO2. The van der Waals surface area contributed by atoms with E-state index in [4.69, 9.17) is 11.6 Å². The fourth-order valence-electron chi connectivity index (χ4n) is 3.06. The maximum atomic E-state index is 11.6. The lowest BCUT2D eigenvalue weighted by Gasteiger charge is -2.46. The average Bonchev–Trinajstić information content (AvgIpc) is 2.33. The van der Waals surface area contributed by atoms with Gasteiger partial charge in [-0.05, 0) is 51.0 Å². The Morgan fingerprint density at radius 1 is 1.45 bits per heavy atom. The fraction of sp³-hybridized carbons (Fsp3) is 0.438. The van der Waals surface area contributed by atoms with E-state index in [-0.39, 0.29) is 5.54 Å². The van der Waals surface area contributed by atoms with Gasteiger partial charge in [-0.1, -0.05) is 24.6 Å². The van der Waals surface area contributed by atoms with E-state index in [0.29, 0.717) is 11.4 Å². The van der Waals surface area contributed by atoms with Gasteiger partial charge in [-0.3, -0.25) is 0 Å². The third-order valence-electron chi connectivity index (χ3n) is 3.82. The molecule has 1 heterocycles. The Kier molecular flexibility index (Phi) is 3.83. The highest BCUT2D eigenvalue weighted by Gasteiger charge is 2.38. The Labute approximate surface area is 124 Å². The predicted octanol–water partition coefficient (Wildman–Crippen LogP) is 4.21. The molecule has 4 heteroatoms. The molecule has 0 radical (unpaired) electrons. The molecule has 0 unspecified atom stereocenters. The summed E-state index contributed by atoms with van der Waals surface area (Å²) in [5.74, 6) is -0.797. The van der Waals surface area contributed by atoms with Crippen LogP contribution in [0.15, 0.2) is 24.3 Å². The third kappa shape index (κ3) is 2.42. The van der Waals surface area contributed by atoms with Crippen molar-refractivity contribution in [2.45, 2.75) is 45.7 Å². The van der Waals surface area contributed by atoms with Gasteiger partial charge in [0.15, 0.2) is 0 Å². The number of halogens is 1. The largest absolute Gasteiger partial charge is 0.480 e. The number of carboxylic acid groups (broad SMARTS) is 1. The van der Waals surface area contributed by atoms with E-state index >= 15 is 0 Å². The second-order valence-corrected chi connectivity index (χ2v) is 6.21. The molecule has 0 aromatic heterocycles. The number of hydrogen-bond donors (Lipinski definition) is 1. The lowest BCUT2D eigenvalue weighted by atomic mass is 9.87. The van der Waals surface area contributed by atoms with Crippen molar-refractivity contribution < 1.29 is 9.90 Å². The van der Waals surface area contributed by atoms with E-state index in [9.17, 15) is 9.90 Å². The number of aliphatic carboxylic acids is 1. The van der Waals surface area contributed by atoms with Crippen molar-refractivity contribution in [2.75, 3.05) is 4.90 Å². The molecule has 0 spiro atoms. The minimum atomic E-state index is -0.797. The highest BCUT2D eigenvalue weighted by molar-refractivity contribution is 6.30. The van der Waals surface area contributed by atoms with E-state index in [1.165, 1.54) is 0 Å². The van der Waals surface area contributed by atoms with Crippen LogP contribution in [0, 0.1) is 0 Å². The molecule has 1 aromatic carbocycles. The van der Waals surface area contributed by atoms with Gasteiger partial charge < -0.3 is 10.0 Å². The van der Waals surface area contributed by atoms with Crippen molar-refractivity contribution in [2.24, 2.45) is 0 Å². The number of rotatable bonds is 3. The monoisotopic (exact) mass is 293 g/mol. The van der Waals surface area contributed by atoms with Gasteiger partial charge in [-0.15, -0.1) is 0 Å². The Morgan fingerprint density at radius 3 is 2.65 bits per heavy atom. The second-order valence-electron chi connectivity index (χ2n) is 5.77. The zero-order valence-electron chi connectivity index (χ0n) is 12.3. The summed E-state index contributed by atoms with van der Waals surface area (Å²) in [5.41, 5.74) is 2.73. The molecule has 0 fully saturated rings. The number of carboxylic acids is 1. The van der Waals surface area contributed by atoms with Gasteiger partial charge in [-0.25, -0.2) is 4.79 Å². The van der Waals surface area contributed by atoms with Gasteiger partial charge in [0.05, 0.1) is 5.54 Å². The molecule has 2 rings (SSSR count). The van der Waals surface area contributed by atoms with Crippen LogP contribution in [0.3, 0.4) is 0 Å². The van der Waals surface area contributed by atoms with Gasteiger partial charge in [0.1, 0.15) is 6.04 Å². The quantitative estimate of drug-likeness (QED) is 0.908. The highest BCUT2D eigenvalue weighted by Crippen LogP contribution is 2.41. The lowest BCUT2D eigenvalue weighted by Crippen LogP contribution is -2.54. The van der Waals surface area contributed by atoms with Crippen LogP contribution in [-0.4, -0.2) is 22.7 Å². The van der Waals surface area contributed by atoms with Crippen molar-refractivity contribution in [3.8, 4) is 0 Å². The first-order chi connectivity index (χ1) is 9.27. The number of anilines is 1. The van der Waals surface area contributed by atoms with E-state index in [1.807, 2.05) is 50.8 Å². The Bertz CT molecular complexity index is 578. The number of nitrogens with zero attached hydrogens (tertiary/aromatic N) is 1. The second kappa shape index (κ2) is 5.13. The molecule has 1 aliphatic rings. The summed E-state index contributed by atoms with van der Waals surface area (Å²) in [6.45, 7) is 8.02. The third-order valence-corrected chi connectivity index (χ3v) is 4.05. The zero-order chi connectivity index (χ0) is 15.1. The molecule has 0 saturated heterocycles. The van der Waals surface area contributed by atoms with Gasteiger partial charge >= 0.3 is 5.97 Å². The van der Waals surface area contributed by atoms with Crippen LogP contribution in [0.1, 0.15) is 39.7 Å². The fourth-order valence-corrected chi connectivity index (χ4v) is 3.23. The van der Waals surface area contributed by atoms with E-state index in [1.54, 1.807) is 0 Å². The minimum Gasteiger partial charge on any atom is -0.480 e. The first-order valence-electron chi connectivity index (χ1n) is 6.79. The van der Waals surface area contributed by atoms with E-state index in [2.05, 4.69) is 6.08 Å². The molecule has 0 aliphatic carbocycles. The zero-order valence-corrected chi connectivity index (χ0v) is 13.0. The van der Waals surface area contributed by atoms with Crippen LogP contribution in [0.4, 0.5) is 5.69 Å². The number of allylic oxidation sites excluding steroid dienone is 1. The van der Waals surface area contributed by atoms with Crippen molar-refractivity contribution >= 4 is 28.8 Å². The van der Waals surface area contributed by atoms with Gasteiger partial charge in [0.25, 0.3) is 0 Å². The summed E-state index contributed by atoms with van der Waals surface area (Å²) in [6.07, 6.45) is 2.66. The van der Waals surface area contributed by atoms with Gasteiger partial charge in [-0.2, -0.15) is 0 Å². The SMILES string of the molecule is CC[C@H](C(=O)O)N1c2ccc(Cl)cc2C(C)=CC1(C)C. The topological polar surface area (TPSA) is 40.5 Å². The first-order valence-corrected chi connectivity index (χ1v) is 7.17. The minimum absolute atomic E-state index is 0.343. The van der Waals surface area contributed by atoms with Crippen LogP contribution in [0.25, 0.3) is 5.57 Å². The van der Waals surface area contributed by atoms with Crippen molar-refractivity contribution in [1.29, 1.82) is 0 Å². The van der Waals surface area contributed by atoms with E-state index < -0.39 is 12.0 Å². The smallest absolute Gasteiger partial charge is 0.326 e. The molecule has 0 saturated carbocycles. The Balaban J connectivity index is 2.65. The lowest BCUT2D eigenvalue weighted by molar-refractivity contribution is -0.139.